The van der Waals surface area contributed by atoms with Crippen molar-refractivity contribution in [2.45, 2.75) is 25.3 Å². The number of anilines is 1. The summed E-state index contributed by atoms with van der Waals surface area (Å²) in [5, 5.41) is 1.80. The van der Waals surface area contributed by atoms with Crippen LogP contribution in [-0.2, 0) is 21.3 Å². The van der Waals surface area contributed by atoms with E-state index in [1.54, 1.807) is 37.3 Å². The first kappa shape index (κ1) is 27.3. The third-order valence-corrected chi connectivity index (χ3v) is 8.74. The molecule has 1 heterocycles. The van der Waals surface area contributed by atoms with Crippen LogP contribution in [0, 0.1) is 6.92 Å². The highest BCUT2D eigenvalue weighted by Gasteiger charge is 2.28. The normalized spacial score (nSPS) is 11.6. The van der Waals surface area contributed by atoms with Crippen molar-refractivity contribution in [1.82, 2.24) is 4.57 Å². The second kappa shape index (κ2) is 11.2. The van der Waals surface area contributed by atoms with Crippen LogP contribution in [0.3, 0.4) is 0 Å². The fraction of sp³-hybridized carbons (Fsp3) is 0.114. The standard InChI is InChI=1S/C35H30N2O4S/c1-3-41-35(38)29-22-31-33(28-16-10-11-17-30(28)37(31)23-25-12-6-4-7-13-25)32(26-14-8-5-9-15-26)34(29)36-42(39,40)27-20-18-24(2)19-21-27/h4-22,36H,3,23H2,1-2H3. The minimum atomic E-state index is -4.06. The number of rotatable bonds is 8. The molecule has 6 rings (SSSR count). The summed E-state index contributed by atoms with van der Waals surface area (Å²) in [6.45, 7) is 4.34. The van der Waals surface area contributed by atoms with E-state index in [2.05, 4.69) is 21.4 Å². The highest BCUT2D eigenvalue weighted by molar-refractivity contribution is 7.92. The first-order chi connectivity index (χ1) is 20.4. The smallest absolute Gasteiger partial charge is 0.340 e. The van der Waals surface area contributed by atoms with E-state index < -0.39 is 16.0 Å². The summed E-state index contributed by atoms with van der Waals surface area (Å²) in [4.78, 5) is 13.7. The number of esters is 1. The molecule has 6 aromatic rings. The van der Waals surface area contributed by atoms with Gasteiger partial charge < -0.3 is 9.30 Å². The van der Waals surface area contributed by atoms with Crippen molar-refractivity contribution < 1.29 is 17.9 Å². The lowest BCUT2D eigenvalue weighted by Crippen LogP contribution is -2.18. The van der Waals surface area contributed by atoms with Crippen molar-refractivity contribution in [2.24, 2.45) is 0 Å². The molecular formula is C35H30N2O4S. The summed E-state index contributed by atoms with van der Waals surface area (Å²) in [6, 6.07) is 36.1. The maximum absolute atomic E-state index is 13.8. The predicted octanol–water partition coefficient (Wildman–Crippen LogP) is 7.80. The van der Waals surface area contributed by atoms with Gasteiger partial charge in [-0.05, 0) is 49.2 Å². The minimum Gasteiger partial charge on any atom is -0.462 e. The van der Waals surface area contributed by atoms with Gasteiger partial charge >= 0.3 is 5.97 Å². The van der Waals surface area contributed by atoms with Crippen molar-refractivity contribution in [3.05, 3.63) is 132 Å². The Labute approximate surface area is 245 Å². The number of aryl methyl sites for hydroxylation is 1. The highest BCUT2D eigenvalue weighted by Crippen LogP contribution is 2.44. The lowest BCUT2D eigenvalue weighted by atomic mass is 9.94. The SMILES string of the molecule is CCOC(=O)c1cc2c(c(-c3ccccc3)c1NS(=O)(=O)c1ccc(C)cc1)c1ccccc1n2Cc1ccccc1. The van der Waals surface area contributed by atoms with Crippen LogP contribution in [0.4, 0.5) is 5.69 Å². The van der Waals surface area contributed by atoms with Gasteiger partial charge in [0.1, 0.15) is 0 Å². The summed E-state index contributed by atoms with van der Waals surface area (Å²) in [5.74, 6) is -0.602. The van der Waals surface area contributed by atoms with E-state index in [1.807, 2.05) is 79.7 Å². The zero-order valence-corrected chi connectivity index (χ0v) is 24.2. The molecule has 1 aromatic heterocycles. The lowest BCUT2D eigenvalue weighted by molar-refractivity contribution is 0.0528. The largest absolute Gasteiger partial charge is 0.462 e. The highest BCUT2D eigenvalue weighted by atomic mass is 32.2. The van der Waals surface area contributed by atoms with E-state index in [9.17, 15) is 13.2 Å². The van der Waals surface area contributed by atoms with E-state index in [0.29, 0.717) is 12.1 Å². The molecule has 0 saturated carbocycles. The lowest BCUT2D eigenvalue weighted by Gasteiger charge is -2.19. The number of fused-ring (bicyclic) bond motifs is 3. The van der Waals surface area contributed by atoms with Gasteiger partial charge in [-0.2, -0.15) is 0 Å². The third-order valence-electron chi connectivity index (χ3n) is 7.37. The number of benzene rings is 5. The number of carbonyl (C=O) groups is 1. The topological polar surface area (TPSA) is 77.4 Å². The summed E-state index contributed by atoms with van der Waals surface area (Å²) in [6.07, 6.45) is 0. The van der Waals surface area contributed by atoms with Crippen molar-refractivity contribution >= 4 is 43.5 Å². The van der Waals surface area contributed by atoms with Gasteiger partial charge in [-0.3, -0.25) is 4.72 Å². The fourth-order valence-electron chi connectivity index (χ4n) is 5.42. The Balaban J connectivity index is 1.72. The molecule has 0 fully saturated rings. The van der Waals surface area contributed by atoms with Crippen molar-refractivity contribution in [3.8, 4) is 11.1 Å². The molecule has 0 spiro atoms. The molecule has 42 heavy (non-hydrogen) atoms. The van der Waals surface area contributed by atoms with Crippen molar-refractivity contribution in [3.63, 3.8) is 0 Å². The van der Waals surface area contributed by atoms with Crippen LogP contribution < -0.4 is 4.72 Å². The summed E-state index contributed by atoms with van der Waals surface area (Å²) >= 11 is 0. The minimum absolute atomic E-state index is 0.105. The van der Waals surface area contributed by atoms with Gasteiger partial charge in [0.15, 0.2) is 0 Å². The van der Waals surface area contributed by atoms with Crippen LogP contribution in [0.2, 0.25) is 0 Å². The molecule has 0 radical (unpaired) electrons. The fourth-order valence-corrected chi connectivity index (χ4v) is 6.51. The van der Waals surface area contributed by atoms with Gasteiger partial charge in [0.05, 0.1) is 28.3 Å². The van der Waals surface area contributed by atoms with Crippen LogP contribution in [0.15, 0.2) is 120 Å². The Kier molecular flexibility index (Phi) is 7.27. The van der Waals surface area contributed by atoms with Gasteiger partial charge in [-0.15, -0.1) is 0 Å². The number of para-hydroxylation sites is 1. The van der Waals surface area contributed by atoms with Crippen LogP contribution in [-0.4, -0.2) is 25.6 Å². The molecule has 0 unspecified atom stereocenters. The van der Waals surface area contributed by atoms with E-state index in [4.69, 9.17) is 4.74 Å². The Morgan fingerprint density at radius 2 is 1.45 bits per heavy atom. The van der Waals surface area contributed by atoms with Crippen LogP contribution in [0.5, 0.6) is 0 Å². The maximum Gasteiger partial charge on any atom is 0.340 e. The number of aromatic nitrogens is 1. The second-order valence-corrected chi connectivity index (χ2v) is 11.8. The van der Waals surface area contributed by atoms with Crippen molar-refractivity contribution in [1.29, 1.82) is 0 Å². The van der Waals surface area contributed by atoms with Gasteiger partial charge in [0, 0.05) is 28.4 Å². The molecular weight excluding hydrogens is 544 g/mol. The molecule has 7 heteroatoms. The van der Waals surface area contributed by atoms with E-state index in [1.165, 1.54) is 0 Å². The summed E-state index contributed by atoms with van der Waals surface area (Å²) < 4.78 is 38.1. The van der Waals surface area contributed by atoms with Gasteiger partial charge in [0.2, 0.25) is 0 Å². The first-order valence-corrected chi connectivity index (χ1v) is 15.3. The molecule has 5 aromatic carbocycles. The Bertz CT molecular complexity index is 2020. The molecule has 1 N–H and O–H groups in total. The number of sulfonamides is 1. The molecule has 6 nitrogen and oxygen atoms in total. The molecule has 0 aliphatic heterocycles. The molecule has 0 aliphatic carbocycles. The number of hydrogen-bond acceptors (Lipinski definition) is 4. The second-order valence-electron chi connectivity index (χ2n) is 10.2. The number of nitrogens with one attached hydrogen (secondary N) is 1. The van der Waals surface area contributed by atoms with Gasteiger partial charge in [-0.25, -0.2) is 13.2 Å². The molecule has 0 bridgehead atoms. The average molecular weight is 575 g/mol. The van der Waals surface area contributed by atoms with Gasteiger partial charge in [0.25, 0.3) is 10.0 Å². The zero-order chi connectivity index (χ0) is 29.3. The number of hydrogen-bond donors (Lipinski definition) is 1. The quantitative estimate of drug-likeness (QED) is 0.188. The predicted molar refractivity (Wildman–Crippen MR) is 168 cm³/mol. The summed E-state index contributed by atoms with van der Waals surface area (Å²) in [5.41, 5.74) is 5.56. The monoisotopic (exact) mass is 574 g/mol. The zero-order valence-electron chi connectivity index (χ0n) is 23.4. The Morgan fingerprint density at radius 3 is 2.14 bits per heavy atom. The number of ether oxygens (including phenoxy) is 1. The molecule has 0 atom stereocenters. The number of carbonyl (C=O) groups excluding carboxylic acids is 1. The van der Waals surface area contributed by atoms with Gasteiger partial charge in [-0.1, -0.05) is 96.6 Å². The van der Waals surface area contributed by atoms with Crippen LogP contribution in [0.1, 0.15) is 28.4 Å². The maximum atomic E-state index is 13.8. The molecule has 210 valence electrons. The average Bonchev–Trinajstić information content (AvgIpc) is 3.30. The Hall–Kier alpha value is -4.88. The van der Waals surface area contributed by atoms with Crippen molar-refractivity contribution in [2.75, 3.05) is 11.3 Å². The molecule has 0 saturated heterocycles. The molecule has 0 aliphatic rings. The van der Waals surface area contributed by atoms with E-state index >= 15 is 0 Å². The van der Waals surface area contributed by atoms with E-state index in [-0.39, 0.29) is 22.8 Å². The first-order valence-electron chi connectivity index (χ1n) is 13.8. The number of nitrogens with zero attached hydrogens (tertiary/aromatic N) is 1. The van der Waals surface area contributed by atoms with E-state index in [0.717, 1.165) is 38.5 Å². The Morgan fingerprint density at radius 1 is 0.810 bits per heavy atom. The van der Waals surface area contributed by atoms with Crippen LogP contribution >= 0.6 is 0 Å². The molecule has 0 amide bonds. The van der Waals surface area contributed by atoms with Crippen LogP contribution in [0.25, 0.3) is 32.9 Å². The summed E-state index contributed by atoms with van der Waals surface area (Å²) in [7, 11) is -4.06. The third kappa shape index (κ3) is 5.03.